The van der Waals surface area contributed by atoms with Crippen LogP contribution < -0.4 is 5.32 Å². The smallest absolute Gasteiger partial charge is 0.272 e. The summed E-state index contributed by atoms with van der Waals surface area (Å²) in [6, 6.07) is 8.31. The number of amides is 1. The Morgan fingerprint density at radius 1 is 1.32 bits per heavy atom. The van der Waals surface area contributed by atoms with Crippen LogP contribution in [0.5, 0.6) is 0 Å². The SMILES string of the molecule is O=C(c1ccc(-c2cccs2)cn1)N1CCC2CCNCC21. The molecule has 2 aliphatic heterocycles. The molecule has 2 aromatic rings. The van der Waals surface area contributed by atoms with Crippen LogP contribution in [-0.2, 0) is 0 Å². The van der Waals surface area contributed by atoms with Gasteiger partial charge in [-0.05, 0) is 48.9 Å². The highest BCUT2D eigenvalue weighted by atomic mass is 32.1. The summed E-state index contributed by atoms with van der Waals surface area (Å²) in [5, 5.41) is 5.46. The maximum atomic E-state index is 12.7. The molecule has 22 heavy (non-hydrogen) atoms. The van der Waals surface area contributed by atoms with Crippen molar-refractivity contribution >= 4 is 17.2 Å². The fraction of sp³-hybridized carbons (Fsp3) is 0.412. The zero-order valence-electron chi connectivity index (χ0n) is 12.4. The van der Waals surface area contributed by atoms with Crippen molar-refractivity contribution in [2.24, 2.45) is 5.92 Å². The quantitative estimate of drug-likeness (QED) is 0.927. The first-order chi connectivity index (χ1) is 10.8. The lowest BCUT2D eigenvalue weighted by atomic mass is 9.93. The summed E-state index contributed by atoms with van der Waals surface area (Å²) in [4.78, 5) is 20.4. The topological polar surface area (TPSA) is 45.2 Å². The fourth-order valence-corrected chi connectivity index (χ4v) is 4.29. The lowest BCUT2D eigenvalue weighted by molar-refractivity contribution is 0.0697. The average molecular weight is 313 g/mol. The van der Waals surface area contributed by atoms with Gasteiger partial charge in [0.05, 0.1) is 0 Å². The summed E-state index contributed by atoms with van der Waals surface area (Å²) in [5.41, 5.74) is 1.64. The molecule has 2 aromatic heterocycles. The molecule has 2 atom stereocenters. The third kappa shape index (κ3) is 2.44. The average Bonchev–Trinajstić information content (AvgIpc) is 3.24. The zero-order valence-corrected chi connectivity index (χ0v) is 13.2. The van der Waals surface area contributed by atoms with Gasteiger partial charge in [-0.3, -0.25) is 9.78 Å². The second-order valence-corrected chi connectivity index (χ2v) is 6.96. The van der Waals surface area contributed by atoms with Crippen molar-refractivity contribution in [2.45, 2.75) is 18.9 Å². The van der Waals surface area contributed by atoms with E-state index in [1.165, 1.54) is 11.3 Å². The highest BCUT2D eigenvalue weighted by molar-refractivity contribution is 7.13. The first kappa shape index (κ1) is 13.9. The lowest BCUT2D eigenvalue weighted by Crippen LogP contribution is -2.48. The van der Waals surface area contributed by atoms with Gasteiger partial charge in [0, 0.05) is 35.8 Å². The van der Waals surface area contributed by atoms with E-state index < -0.39 is 0 Å². The van der Waals surface area contributed by atoms with Crippen LogP contribution in [0.4, 0.5) is 0 Å². The highest BCUT2D eigenvalue weighted by Crippen LogP contribution is 2.30. The number of fused-ring (bicyclic) bond motifs is 1. The Labute approximate surface area is 134 Å². The predicted octanol–water partition coefficient (Wildman–Crippen LogP) is 2.63. The molecule has 2 aliphatic rings. The van der Waals surface area contributed by atoms with Gasteiger partial charge in [0.25, 0.3) is 5.91 Å². The Kier molecular flexibility index (Phi) is 3.68. The van der Waals surface area contributed by atoms with Gasteiger partial charge < -0.3 is 10.2 Å². The number of likely N-dealkylation sites (tertiary alicyclic amines) is 1. The molecule has 0 aliphatic carbocycles. The zero-order chi connectivity index (χ0) is 14.9. The van der Waals surface area contributed by atoms with Crippen LogP contribution in [0, 0.1) is 5.92 Å². The molecule has 2 unspecified atom stereocenters. The second kappa shape index (κ2) is 5.82. The number of pyridine rings is 1. The van der Waals surface area contributed by atoms with E-state index in [9.17, 15) is 4.79 Å². The number of thiophene rings is 1. The molecule has 4 rings (SSSR count). The fourth-order valence-electron chi connectivity index (χ4n) is 3.58. The van der Waals surface area contributed by atoms with Crippen molar-refractivity contribution < 1.29 is 4.79 Å². The second-order valence-electron chi connectivity index (χ2n) is 6.02. The van der Waals surface area contributed by atoms with Crippen LogP contribution in [0.25, 0.3) is 10.4 Å². The minimum atomic E-state index is 0.0777. The van der Waals surface area contributed by atoms with Crippen LogP contribution in [0.3, 0.4) is 0 Å². The standard InChI is InChI=1S/C17H19N3OS/c21-17(20-8-6-12-5-7-18-11-15(12)20)14-4-3-13(10-19-14)16-2-1-9-22-16/h1-4,9-10,12,15,18H,5-8,11H2. The van der Waals surface area contributed by atoms with E-state index in [1.54, 1.807) is 11.3 Å². The Bertz CT molecular complexity index is 653. The molecule has 2 fully saturated rings. The number of piperidine rings is 1. The van der Waals surface area contributed by atoms with E-state index in [2.05, 4.69) is 21.7 Å². The normalized spacial score (nSPS) is 24.3. The van der Waals surface area contributed by atoms with Crippen LogP contribution >= 0.6 is 11.3 Å². The maximum absolute atomic E-state index is 12.7. The van der Waals surface area contributed by atoms with Crippen molar-refractivity contribution in [3.63, 3.8) is 0 Å². The molecule has 0 aromatic carbocycles. The minimum absolute atomic E-state index is 0.0777. The number of rotatable bonds is 2. The van der Waals surface area contributed by atoms with Crippen LogP contribution in [0.1, 0.15) is 23.3 Å². The number of aromatic nitrogens is 1. The number of hydrogen-bond acceptors (Lipinski definition) is 4. The van der Waals surface area contributed by atoms with Crippen molar-refractivity contribution in [1.82, 2.24) is 15.2 Å². The Morgan fingerprint density at radius 2 is 2.27 bits per heavy atom. The maximum Gasteiger partial charge on any atom is 0.272 e. The molecule has 114 valence electrons. The Morgan fingerprint density at radius 3 is 3.05 bits per heavy atom. The summed E-state index contributed by atoms with van der Waals surface area (Å²) in [5.74, 6) is 0.740. The predicted molar refractivity (Wildman–Crippen MR) is 88.0 cm³/mol. The van der Waals surface area contributed by atoms with Crippen LogP contribution in [-0.4, -0.2) is 41.5 Å². The van der Waals surface area contributed by atoms with Gasteiger partial charge in [0.1, 0.15) is 5.69 Å². The Balaban J connectivity index is 1.53. The van der Waals surface area contributed by atoms with Crippen LogP contribution in [0.2, 0.25) is 0 Å². The number of hydrogen-bond donors (Lipinski definition) is 1. The van der Waals surface area contributed by atoms with E-state index >= 15 is 0 Å². The first-order valence-electron chi connectivity index (χ1n) is 7.84. The number of carbonyl (C=O) groups is 1. The molecule has 2 saturated heterocycles. The van der Waals surface area contributed by atoms with Crippen molar-refractivity contribution in [1.29, 1.82) is 0 Å². The van der Waals surface area contributed by atoms with Gasteiger partial charge in [-0.2, -0.15) is 0 Å². The van der Waals surface area contributed by atoms with Gasteiger partial charge in [-0.15, -0.1) is 11.3 Å². The molecular weight excluding hydrogens is 294 g/mol. The monoisotopic (exact) mass is 313 g/mol. The van der Waals surface area contributed by atoms with E-state index in [4.69, 9.17) is 0 Å². The molecule has 0 spiro atoms. The van der Waals surface area contributed by atoms with E-state index in [0.29, 0.717) is 17.7 Å². The number of nitrogens with zero attached hydrogens (tertiary/aromatic N) is 2. The van der Waals surface area contributed by atoms with Crippen molar-refractivity contribution in [3.05, 3.63) is 41.5 Å². The van der Waals surface area contributed by atoms with Gasteiger partial charge in [0.2, 0.25) is 0 Å². The van der Waals surface area contributed by atoms with Crippen molar-refractivity contribution in [3.8, 4) is 10.4 Å². The highest BCUT2D eigenvalue weighted by Gasteiger charge is 2.38. The molecule has 0 bridgehead atoms. The summed E-state index contributed by atoms with van der Waals surface area (Å²) < 4.78 is 0. The van der Waals surface area contributed by atoms with Crippen LogP contribution in [0.15, 0.2) is 35.8 Å². The largest absolute Gasteiger partial charge is 0.333 e. The van der Waals surface area contributed by atoms with E-state index in [1.807, 2.05) is 29.3 Å². The summed E-state index contributed by atoms with van der Waals surface area (Å²) in [7, 11) is 0. The molecule has 4 heterocycles. The van der Waals surface area contributed by atoms with Crippen molar-refractivity contribution in [2.75, 3.05) is 19.6 Å². The van der Waals surface area contributed by atoms with Gasteiger partial charge in [-0.1, -0.05) is 6.07 Å². The summed E-state index contributed by atoms with van der Waals surface area (Å²) in [6.45, 7) is 2.87. The number of nitrogens with one attached hydrogen (secondary N) is 1. The molecule has 1 amide bonds. The molecule has 0 saturated carbocycles. The molecular formula is C17H19N3OS. The third-order valence-electron chi connectivity index (χ3n) is 4.78. The summed E-state index contributed by atoms with van der Waals surface area (Å²) in [6.07, 6.45) is 4.12. The Hall–Kier alpha value is -1.72. The van der Waals surface area contributed by atoms with Gasteiger partial charge >= 0.3 is 0 Å². The first-order valence-corrected chi connectivity index (χ1v) is 8.72. The molecule has 1 N–H and O–H groups in total. The van der Waals surface area contributed by atoms with E-state index in [0.717, 1.165) is 31.6 Å². The number of carbonyl (C=O) groups excluding carboxylic acids is 1. The lowest BCUT2D eigenvalue weighted by Gasteiger charge is -2.32. The third-order valence-corrected chi connectivity index (χ3v) is 5.70. The minimum Gasteiger partial charge on any atom is -0.333 e. The van der Waals surface area contributed by atoms with E-state index in [-0.39, 0.29) is 5.91 Å². The van der Waals surface area contributed by atoms with Gasteiger partial charge in [-0.25, -0.2) is 0 Å². The summed E-state index contributed by atoms with van der Waals surface area (Å²) >= 11 is 1.69. The molecule has 0 radical (unpaired) electrons. The van der Waals surface area contributed by atoms with Gasteiger partial charge in [0.15, 0.2) is 0 Å². The molecule has 4 nitrogen and oxygen atoms in total. The molecule has 5 heteroatoms.